The Hall–Kier alpha value is -2.29. The predicted molar refractivity (Wildman–Crippen MR) is 72.1 cm³/mol. The molecule has 0 aromatic heterocycles. The lowest BCUT2D eigenvalue weighted by molar-refractivity contribution is 1.41. The van der Waals surface area contributed by atoms with Gasteiger partial charge in [-0.2, -0.15) is 0 Å². The van der Waals surface area contributed by atoms with Gasteiger partial charge in [0.15, 0.2) is 5.96 Å². The summed E-state index contributed by atoms with van der Waals surface area (Å²) in [6, 6.07) is 16.1. The SMILES string of the molecule is Cc1ccc(-c2ccccc2N=C(N)N)cc1. The van der Waals surface area contributed by atoms with E-state index in [1.165, 1.54) is 5.56 Å². The molecule has 0 aliphatic carbocycles. The number of benzene rings is 2. The van der Waals surface area contributed by atoms with E-state index in [9.17, 15) is 0 Å². The average Bonchev–Trinajstić information content (AvgIpc) is 2.30. The van der Waals surface area contributed by atoms with E-state index in [1.807, 2.05) is 24.3 Å². The summed E-state index contributed by atoms with van der Waals surface area (Å²) < 4.78 is 0. The maximum Gasteiger partial charge on any atom is 0.191 e. The quantitative estimate of drug-likeness (QED) is 0.609. The summed E-state index contributed by atoms with van der Waals surface area (Å²) in [5.74, 6) is 0.0737. The number of para-hydroxylation sites is 1. The normalized spacial score (nSPS) is 9.94. The molecule has 86 valence electrons. The standard InChI is InChI=1S/C14H15N3/c1-10-6-8-11(9-7-10)12-4-2-3-5-13(12)17-14(15)16/h2-9H,1H3,(H4,15,16,17). The van der Waals surface area contributed by atoms with Crippen LogP contribution in [0.25, 0.3) is 11.1 Å². The van der Waals surface area contributed by atoms with Crippen LogP contribution in [0.4, 0.5) is 5.69 Å². The number of nitrogens with two attached hydrogens (primary N) is 2. The van der Waals surface area contributed by atoms with E-state index >= 15 is 0 Å². The molecule has 0 heterocycles. The second-order valence-corrected chi connectivity index (χ2v) is 3.92. The Morgan fingerprint density at radius 1 is 0.941 bits per heavy atom. The minimum atomic E-state index is 0.0737. The lowest BCUT2D eigenvalue weighted by Crippen LogP contribution is -2.21. The van der Waals surface area contributed by atoms with Crippen LogP contribution in [0.3, 0.4) is 0 Å². The summed E-state index contributed by atoms with van der Waals surface area (Å²) in [6.07, 6.45) is 0. The fourth-order valence-corrected chi connectivity index (χ4v) is 1.69. The van der Waals surface area contributed by atoms with E-state index in [0.717, 1.165) is 16.8 Å². The fourth-order valence-electron chi connectivity index (χ4n) is 1.69. The third kappa shape index (κ3) is 2.64. The van der Waals surface area contributed by atoms with Crippen LogP contribution in [0.5, 0.6) is 0 Å². The highest BCUT2D eigenvalue weighted by molar-refractivity contribution is 5.84. The van der Waals surface area contributed by atoms with Crippen LogP contribution in [0.1, 0.15) is 5.56 Å². The van der Waals surface area contributed by atoms with Crippen LogP contribution >= 0.6 is 0 Å². The van der Waals surface area contributed by atoms with Crippen LogP contribution in [0, 0.1) is 6.92 Å². The number of rotatable bonds is 2. The summed E-state index contributed by atoms with van der Waals surface area (Å²) in [7, 11) is 0. The summed E-state index contributed by atoms with van der Waals surface area (Å²) in [6.45, 7) is 2.06. The molecule has 3 nitrogen and oxygen atoms in total. The van der Waals surface area contributed by atoms with Gasteiger partial charge in [0.25, 0.3) is 0 Å². The van der Waals surface area contributed by atoms with Crippen LogP contribution in [0.15, 0.2) is 53.5 Å². The molecule has 0 saturated heterocycles. The molecule has 0 bridgehead atoms. The molecule has 0 spiro atoms. The highest BCUT2D eigenvalue weighted by Gasteiger charge is 2.03. The van der Waals surface area contributed by atoms with Crippen molar-refractivity contribution in [1.29, 1.82) is 0 Å². The predicted octanol–water partition coefficient (Wildman–Crippen LogP) is 2.57. The van der Waals surface area contributed by atoms with Crippen molar-refractivity contribution in [2.24, 2.45) is 16.5 Å². The molecule has 0 amide bonds. The molecule has 0 fully saturated rings. The second-order valence-electron chi connectivity index (χ2n) is 3.92. The fraction of sp³-hybridized carbons (Fsp3) is 0.0714. The molecule has 2 aromatic carbocycles. The van der Waals surface area contributed by atoms with Crippen LogP contribution in [0.2, 0.25) is 0 Å². The first-order valence-corrected chi connectivity index (χ1v) is 5.42. The first-order chi connectivity index (χ1) is 8.16. The number of nitrogens with zero attached hydrogens (tertiary/aromatic N) is 1. The van der Waals surface area contributed by atoms with Gasteiger partial charge in [0.2, 0.25) is 0 Å². The number of hydrogen-bond donors (Lipinski definition) is 2. The molecular weight excluding hydrogens is 210 g/mol. The smallest absolute Gasteiger partial charge is 0.191 e. The summed E-state index contributed by atoms with van der Waals surface area (Å²) >= 11 is 0. The van der Waals surface area contributed by atoms with E-state index in [1.54, 1.807) is 0 Å². The van der Waals surface area contributed by atoms with Gasteiger partial charge in [0.05, 0.1) is 5.69 Å². The Bertz CT molecular complexity index is 538. The molecule has 3 heteroatoms. The van der Waals surface area contributed by atoms with Crippen molar-refractivity contribution in [2.45, 2.75) is 6.92 Å². The van der Waals surface area contributed by atoms with Gasteiger partial charge in [-0.25, -0.2) is 4.99 Å². The van der Waals surface area contributed by atoms with E-state index < -0.39 is 0 Å². The Balaban J connectivity index is 2.52. The molecule has 4 N–H and O–H groups in total. The summed E-state index contributed by atoms with van der Waals surface area (Å²) in [5.41, 5.74) is 15.0. The van der Waals surface area contributed by atoms with Crippen molar-refractivity contribution >= 4 is 11.6 Å². The zero-order valence-corrected chi connectivity index (χ0v) is 9.72. The number of aryl methyl sites for hydroxylation is 1. The highest BCUT2D eigenvalue weighted by atomic mass is 15.0. The summed E-state index contributed by atoms with van der Waals surface area (Å²) in [4.78, 5) is 4.13. The first kappa shape index (κ1) is 11.2. The minimum absolute atomic E-state index is 0.0737. The third-order valence-corrected chi connectivity index (χ3v) is 2.52. The van der Waals surface area contributed by atoms with E-state index in [0.29, 0.717) is 0 Å². The van der Waals surface area contributed by atoms with Gasteiger partial charge in [-0.1, -0.05) is 48.0 Å². The Labute approximate surface area is 101 Å². The molecule has 0 saturated carbocycles. The average molecular weight is 225 g/mol. The monoisotopic (exact) mass is 225 g/mol. The maximum absolute atomic E-state index is 5.42. The van der Waals surface area contributed by atoms with Gasteiger partial charge in [0, 0.05) is 5.56 Å². The first-order valence-electron chi connectivity index (χ1n) is 5.42. The lowest BCUT2D eigenvalue weighted by atomic mass is 10.0. The number of aliphatic imine (C=N–C) groups is 1. The van der Waals surface area contributed by atoms with Gasteiger partial charge in [0.1, 0.15) is 0 Å². The van der Waals surface area contributed by atoms with Crippen molar-refractivity contribution in [1.82, 2.24) is 0 Å². The Kier molecular flexibility index (Phi) is 3.10. The second kappa shape index (κ2) is 4.70. The number of guanidine groups is 1. The van der Waals surface area contributed by atoms with Crippen LogP contribution in [-0.4, -0.2) is 5.96 Å². The van der Waals surface area contributed by atoms with Gasteiger partial charge in [-0.05, 0) is 18.6 Å². The van der Waals surface area contributed by atoms with E-state index in [-0.39, 0.29) is 5.96 Å². The largest absolute Gasteiger partial charge is 0.370 e. The van der Waals surface area contributed by atoms with Crippen LogP contribution in [-0.2, 0) is 0 Å². The molecule has 2 rings (SSSR count). The zero-order chi connectivity index (χ0) is 12.3. The minimum Gasteiger partial charge on any atom is -0.370 e. The highest BCUT2D eigenvalue weighted by Crippen LogP contribution is 2.29. The molecule has 0 radical (unpaired) electrons. The maximum atomic E-state index is 5.42. The molecule has 17 heavy (non-hydrogen) atoms. The van der Waals surface area contributed by atoms with Gasteiger partial charge in [-0.15, -0.1) is 0 Å². The Morgan fingerprint density at radius 2 is 1.59 bits per heavy atom. The molecule has 2 aromatic rings. The molecule has 0 atom stereocenters. The van der Waals surface area contributed by atoms with Crippen molar-refractivity contribution in [2.75, 3.05) is 0 Å². The topological polar surface area (TPSA) is 64.4 Å². The molecule has 0 aliphatic rings. The lowest BCUT2D eigenvalue weighted by Gasteiger charge is -2.06. The molecule has 0 unspecified atom stereocenters. The number of hydrogen-bond acceptors (Lipinski definition) is 1. The van der Waals surface area contributed by atoms with Crippen molar-refractivity contribution in [3.05, 3.63) is 54.1 Å². The molecular formula is C14H15N3. The van der Waals surface area contributed by atoms with E-state index in [4.69, 9.17) is 11.5 Å². The van der Waals surface area contributed by atoms with Gasteiger partial charge >= 0.3 is 0 Å². The van der Waals surface area contributed by atoms with Gasteiger partial charge in [-0.3, -0.25) is 0 Å². The van der Waals surface area contributed by atoms with Crippen molar-refractivity contribution < 1.29 is 0 Å². The summed E-state index contributed by atoms with van der Waals surface area (Å²) in [5, 5.41) is 0. The van der Waals surface area contributed by atoms with E-state index in [2.05, 4.69) is 36.2 Å². The molecule has 0 aliphatic heterocycles. The van der Waals surface area contributed by atoms with Gasteiger partial charge < -0.3 is 11.5 Å². The van der Waals surface area contributed by atoms with Crippen LogP contribution < -0.4 is 11.5 Å². The van der Waals surface area contributed by atoms with Crippen molar-refractivity contribution in [3.8, 4) is 11.1 Å². The zero-order valence-electron chi connectivity index (χ0n) is 9.72. The Morgan fingerprint density at radius 3 is 2.24 bits per heavy atom. The third-order valence-electron chi connectivity index (χ3n) is 2.52. The van der Waals surface area contributed by atoms with Crippen molar-refractivity contribution in [3.63, 3.8) is 0 Å².